The molecule has 1 aromatic carbocycles. The molecule has 0 radical (unpaired) electrons. The molecule has 2 heterocycles. The van der Waals surface area contributed by atoms with Crippen molar-refractivity contribution in [3.05, 3.63) is 29.8 Å². The lowest BCUT2D eigenvalue weighted by atomic mass is 9.91. The first-order valence-corrected chi connectivity index (χ1v) is 8.71. The highest BCUT2D eigenvalue weighted by atomic mass is 16.2. The van der Waals surface area contributed by atoms with Crippen molar-refractivity contribution < 1.29 is 9.59 Å². The summed E-state index contributed by atoms with van der Waals surface area (Å²) >= 11 is 0. The molecule has 0 aliphatic carbocycles. The van der Waals surface area contributed by atoms with Gasteiger partial charge in [0, 0.05) is 25.9 Å². The smallest absolute Gasteiger partial charge is 0.270 e. The van der Waals surface area contributed by atoms with Gasteiger partial charge in [-0.3, -0.25) is 9.59 Å². The summed E-state index contributed by atoms with van der Waals surface area (Å²) in [7, 11) is 0. The van der Waals surface area contributed by atoms with Crippen LogP contribution in [0.15, 0.2) is 29.4 Å². The normalized spacial score (nSPS) is 24.8. The van der Waals surface area contributed by atoms with E-state index in [1.54, 1.807) is 0 Å². The minimum absolute atomic E-state index is 0.0144. The average molecular weight is 327 g/mol. The lowest BCUT2D eigenvalue weighted by molar-refractivity contribution is -0.126. The van der Waals surface area contributed by atoms with E-state index < -0.39 is 0 Å². The maximum atomic E-state index is 12.9. The zero-order valence-corrected chi connectivity index (χ0v) is 14.7. The Morgan fingerprint density at radius 1 is 1.12 bits per heavy atom. The minimum atomic E-state index is -0.0544. The van der Waals surface area contributed by atoms with E-state index in [1.807, 2.05) is 36.1 Å². The number of carbonyl (C=O) groups is 2. The van der Waals surface area contributed by atoms with Crippen molar-refractivity contribution in [1.82, 2.24) is 4.90 Å². The minimum Gasteiger partial charge on any atom is -0.337 e. The van der Waals surface area contributed by atoms with E-state index in [2.05, 4.69) is 18.9 Å². The van der Waals surface area contributed by atoms with Crippen LogP contribution in [0, 0.1) is 18.8 Å². The standard InChI is InChI=1S/C19H25N3O2/c1-13-10-14(2)12-21(11-13)19(24)16-8-9-18(23)22(20-16)17-7-5-4-6-15(17)3/h4-7,13-14H,8-12H2,1-3H3. The van der Waals surface area contributed by atoms with Crippen molar-refractivity contribution in [2.24, 2.45) is 16.9 Å². The monoisotopic (exact) mass is 327 g/mol. The average Bonchev–Trinajstić information content (AvgIpc) is 2.54. The molecule has 128 valence electrons. The number of aryl methyl sites for hydroxylation is 1. The number of rotatable bonds is 2. The summed E-state index contributed by atoms with van der Waals surface area (Å²) in [5.41, 5.74) is 2.23. The Bertz CT molecular complexity index is 673. The Kier molecular flexibility index (Phi) is 4.69. The third-order valence-electron chi connectivity index (χ3n) is 4.78. The molecule has 5 nitrogen and oxygen atoms in total. The SMILES string of the molecule is Cc1ccccc1N1N=C(C(=O)N2CC(C)CC(C)C2)CCC1=O. The molecule has 3 rings (SSSR count). The van der Waals surface area contributed by atoms with Gasteiger partial charge in [0.05, 0.1) is 5.69 Å². The van der Waals surface area contributed by atoms with Crippen LogP contribution in [0.2, 0.25) is 0 Å². The van der Waals surface area contributed by atoms with E-state index >= 15 is 0 Å². The number of amides is 2. The van der Waals surface area contributed by atoms with Crippen LogP contribution in [0.5, 0.6) is 0 Å². The van der Waals surface area contributed by atoms with Crippen LogP contribution in [0.3, 0.4) is 0 Å². The van der Waals surface area contributed by atoms with E-state index in [4.69, 9.17) is 0 Å². The van der Waals surface area contributed by atoms with E-state index in [-0.39, 0.29) is 11.8 Å². The van der Waals surface area contributed by atoms with E-state index in [1.165, 1.54) is 5.01 Å². The van der Waals surface area contributed by atoms with Crippen LogP contribution in [-0.2, 0) is 9.59 Å². The second-order valence-electron chi connectivity index (χ2n) is 7.19. The molecule has 2 amide bonds. The van der Waals surface area contributed by atoms with Crippen molar-refractivity contribution in [2.75, 3.05) is 18.1 Å². The predicted molar refractivity (Wildman–Crippen MR) is 94.9 cm³/mol. The molecule has 0 N–H and O–H groups in total. The van der Waals surface area contributed by atoms with Crippen LogP contribution in [0.25, 0.3) is 0 Å². The molecule has 5 heteroatoms. The molecule has 1 fully saturated rings. The maximum absolute atomic E-state index is 12.9. The van der Waals surface area contributed by atoms with Gasteiger partial charge < -0.3 is 4.90 Å². The largest absolute Gasteiger partial charge is 0.337 e. The van der Waals surface area contributed by atoms with Gasteiger partial charge in [-0.05, 0) is 36.8 Å². The van der Waals surface area contributed by atoms with Crippen LogP contribution in [-0.4, -0.2) is 35.5 Å². The summed E-state index contributed by atoms with van der Waals surface area (Å²) in [4.78, 5) is 27.1. The third kappa shape index (κ3) is 3.35. The quantitative estimate of drug-likeness (QED) is 0.838. The van der Waals surface area contributed by atoms with Crippen molar-refractivity contribution in [1.29, 1.82) is 0 Å². The molecule has 0 saturated carbocycles. The summed E-state index contributed by atoms with van der Waals surface area (Å²) < 4.78 is 0. The van der Waals surface area contributed by atoms with Crippen molar-refractivity contribution in [3.63, 3.8) is 0 Å². The molecule has 1 aromatic rings. The first kappa shape index (κ1) is 16.7. The molecule has 1 saturated heterocycles. The molecule has 24 heavy (non-hydrogen) atoms. The molecular formula is C19H25N3O2. The number of benzene rings is 1. The lowest BCUT2D eigenvalue weighted by Crippen LogP contribution is -2.47. The zero-order chi connectivity index (χ0) is 17.3. The molecule has 0 spiro atoms. The second kappa shape index (κ2) is 6.75. The fourth-order valence-corrected chi connectivity index (χ4v) is 3.71. The number of likely N-dealkylation sites (tertiary alicyclic amines) is 1. The van der Waals surface area contributed by atoms with E-state index in [9.17, 15) is 9.59 Å². The van der Waals surface area contributed by atoms with Gasteiger partial charge in [0.15, 0.2) is 0 Å². The number of carbonyl (C=O) groups excluding carboxylic acids is 2. The van der Waals surface area contributed by atoms with Gasteiger partial charge in [-0.25, -0.2) is 5.01 Å². The topological polar surface area (TPSA) is 53.0 Å². The van der Waals surface area contributed by atoms with Crippen LogP contribution in [0.4, 0.5) is 5.69 Å². The van der Waals surface area contributed by atoms with Crippen molar-refractivity contribution >= 4 is 23.2 Å². The molecule has 2 aliphatic heterocycles. The summed E-state index contributed by atoms with van der Waals surface area (Å²) in [6.07, 6.45) is 1.92. The van der Waals surface area contributed by atoms with Gasteiger partial charge >= 0.3 is 0 Å². The number of hydrazone groups is 1. The number of para-hydroxylation sites is 1. The Morgan fingerprint density at radius 2 is 1.79 bits per heavy atom. The molecule has 2 unspecified atom stereocenters. The number of hydrogen-bond donors (Lipinski definition) is 0. The Labute approximate surface area is 143 Å². The highest BCUT2D eigenvalue weighted by molar-refractivity contribution is 6.40. The van der Waals surface area contributed by atoms with Crippen LogP contribution in [0.1, 0.15) is 38.7 Å². The van der Waals surface area contributed by atoms with Crippen molar-refractivity contribution in [2.45, 2.75) is 40.0 Å². The van der Waals surface area contributed by atoms with Crippen LogP contribution < -0.4 is 5.01 Å². The first-order chi connectivity index (χ1) is 11.5. The maximum Gasteiger partial charge on any atom is 0.270 e. The van der Waals surface area contributed by atoms with Gasteiger partial charge in [-0.2, -0.15) is 5.10 Å². The van der Waals surface area contributed by atoms with Crippen molar-refractivity contribution in [3.8, 4) is 0 Å². The highest BCUT2D eigenvalue weighted by Gasteiger charge is 2.32. The molecular weight excluding hydrogens is 302 g/mol. The first-order valence-electron chi connectivity index (χ1n) is 8.71. The lowest BCUT2D eigenvalue weighted by Gasteiger charge is -2.36. The van der Waals surface area contributed by atoms with Gasteiger partial charge in [0.1, 0.15) is 5.71 Å². The predicted octanol–water partition coefficient (Wildman–Crippen LogP) is 2.98. The Hall–Kier alpha value is -2.17. The Balaban J connectivity index is 1.85. The molecule has 2 atom stereocenters. The summed E-state index contributed by atoms with van der Waals surface area (Å²) in [5.74, 6) is 0.952. The van der Waals surface area contributed by atoms with Gasteiger partial charge in [-0.1, -0.05) is 32.0 Å². The third-order valence-corrected chi connectivity index (χ3v) is 4.78. The fourth-order valence-electron chi connectivity index (χ4n) is 3.71. The summed E-state index contributed by atoms with van der Waals surface area (Å²) in [5, 5.41) is 5.83. The zero-order valence-electron chi connectivity index (χ0n) is 14.7. The van der Waals surface area contributed by atoms with Gasteiger partial charge in [0.2, 0.25) is 5.91 Å². The van der Waals surface area contributed by atoms with Crippen LogP contribution >= 0.6 is 0 Å². The van der Waals surface area contributed by atoms with E-state index in [0.29, 0.717) is 30.4 Å². The fraction of sp³-hybridized carbons (Fsp3) is 0.526. The van der Waals surface area contributed by atoms with E-state index in [0.717, 1.165) is 30.8 Å². The highest BCUT2D eigenvalue weighted by Crippen LogP contribution is 2.26. The number of piperidine rings is 1. The summed E-state index contributed by atoms with van der Waals surface area (Å²) in [6.45, 7) is 7.87. The Morgan fingerprint density at radius 3 is 2.46 bits per heavy atom. The van der Waals surface area contributed by atoms with Gasteiger partial charge in [0.25, 0.3) is 5.91 Å². The van der Waals surface area contributed by atoms with Gasteiger partial charge in [-0.15, -0.1) is 0 Å². The second-order valence-corrected chi connectivity index (χ2v) is 7.19. The molecule has 0 aromatic heterocycles. The number of nitrogens with zero attached hydrogens (tertiary/aromatic N) is 3. The number of hydrogen-bond acceptors (Lipinski definition) is 3. The number of anilines is 1. The summed E-state index contributed by atoms with van der Waals surface area (Å²) in [6, 6.07) is 7.63. The molecule has 0 bridgehead atoms. The molecule has 2 aliphatic rings.